The van der Waals surface area contributed by atoms with Crippen LogP contribution in [0.5, 0.6) is 0 Å². The molecule has 1 unspecified atom stereocenters. The van der Waals surface area contributed by atoms with Gasteiger partial charge in [0.2, 0.25) is 10.0 Å². The lowest BCUT2D eigenvalue weighted by atomic mass is 10.2. The van der Waals surface area contributed by atoms with Crippen LogP contribution in [0.3, 0.4) is 0 Å². The number of aromatic carboxylic acids is 1. The quantitative estimate of drug-likeness (QED) is 0.804. The first-order chi connectivity index (χ1) is 8.77. The van der Waals surface area contributed by atoms with Crippen molar-refractivity contribution in [1.82, 2.24) is 4.72 Å². The highest BCUT2D eigenvalue weighted by Gasteiger charge is 2.21. The number of carboxylic acid groups (broad SMARTS) is 1. The third-order valence-corrected chi connectivity index (χ3v) is 5.66. The van der Waals surface area contributed by atoms with E-state index < -0.39 is 16.0 Å². The van der Waals surface area contributed by atoms with Crippen molar-refractivity contribution in [3.63, 3.8) is 0 Å². The normalized spacial score (nSPS) is 13.2. The number of carbonyl (C=O) groups is 1. The first-order valence-corrected chi connectivity index (χ1v) is 8.99. The van der Waals surface area contributed by atoms with Crippen molar-refractivity contribution >= 4 is 43.7 Å². The van der Waals surface area contributed by atoms with Gasteiger partial charge in [0, 0.05) is 16.3 Å². The van der Waals surface area contributed by atoms with Crippen molar-refractivity contribution in [1.29, 1.82) is 0 Å². The van der Waals surface area contributed by atoms with Crippen molar-refractivity contribution in [3.8, 4) is 0 Å². The van der Waals surface area contributed by atoms with Gasteiger partial charge in [-0.3, -0.25) is 0 Å². The molecule has 1 atom stereocenters. The van der Waals surface area contributed by atoms with Crippen LogP contribution in [-0.2, 0) is 10.0 Å². The molecule has 5 nitrogen and oxygen atoms in total. The van der Waals surface area contributed by atoms with Crippen LogP contribution in [0.25, 0.3) is 0 Å². The third-order valence-electron chi connectivity index (χ3n) is 2.24. The van der Waals surface area contributed by atoms with E-state index in [1.165, 1.54) is 23.9 Å². The molecule has 0 saturated carbocycles. The van der Waals surface area contributed by atoms with E-state index >= 15 is 0 Å². The lowest BCUT2D eigenvalue weighted by molar-refractivity contribution is 0.0696. The predicted octanol–water partition coefficient (Wildman–Crippen LogP) is 2.18. The molecule has 0 amide bonds. The SMILES string of the molecule is CSCC(C)NS(=O)(=O)c1cc(C(=O)O)ccc1Br. The molecule has 2 N–H and O–H groups in total. The van der Waals surface area contributed by atoms with E-state index in [2.05, 4.69) is 20.7 Å². The molecule has 0 saturated heterocycles. The molecule has 8 heteroatoms. The van der Waals surface area contributed by atoms with Crippen LogP contribution < -0.4 is 4.72 Å². The van der Waals surface area contributed by atoms with Crippen LogP contribution >= 0.6 is 27.7 Å². The summed E-state index contributed by atoms with van der Waals surface area (Å²) >= 11 is 4.65. The smallest absolute Gasteiger partial charge is 0.335 e. The summed E-state index contributed by atoms with van der Waals surface area (Å²) in [4.78, 5) is 10.8. The van der Waals surface area contributed by atoms with E-state index in [0.717, 1.165) is 6.07 Å². The largest absolute Gasteiger partial charge is 0.478 e. The first kappa shape index (κ1) is 16.5. The number of rotatable bonds is 6. The summed E-state index contributed by atoms with van der Waals surface area (Å²) in [5.41, 5.74) is -0.0684. The molecule has 0 radical (unpaired) electrons. The van der Waals surface area contributed by atoms with E-state index in [0.29, 0.717) is 10.2 Å². The summed E-state index contributed by atoms with van der Waals surface area (Å²) in [5, 5.41) is 8.90. The summed E-state index contributed by atoms with van der Waals surface area (Å²) < 4.78 is 27.2. The number of thioether (sulfide) groups is 1. The predicted molar refractivity (Wildman–Crippen MR) is 79.3 cm³/mol. The summed E-state index contributed by atoms with van der Waals surface area (Å²) in [5.74, 6) is -0.531. The lowest BCUT2D eigenvalue weighted by Crippen LogP contribution is -2.34. The number of nitrogens with one attached hydrogen (secondary N) is 1. The van der Waals surface area contributed by atoms with Gasteiger partial charge in [-0.1, -0.05) is 0 Å². The Morgan fingerprint density at radius 3 is 2.68 bits per heavy atom. The van der Waals surface area contributed by atoms with Gasteiger partial charge in [0.15, 0.2) is 0 Å². The number of hydrogen-bond donors (Lipinski definition) is 2. The molecule has 0 fully saturated rings. The molecular formula is C11H14BrNO4S2. The van der Waals surface area contributed by atoms with E-state index in [1.807, 2.05) is 6.26 Å². The second-order valence-electron chi connectivity index (χ2n) is 3.93. The van der Waals surface area contributed by atoms with Gasteiger partial charge >= 0.3 is 5.97 Å². The zero-order valence-electron chi connectivity index (χ0n) is 10.4. The molecule has 0 aliphatic heterocycles. The highest BCUT2D eigenvalue weighted by atomic mass is 79.9. The van der Waals surface area contributed by atoms with Crippen molar-refractivity contribution in [2.45, 2.75) is 17.9 Å². The van der Waals surface area contributed by atoms with Crippen LogP contribution in [0.1, 0.15) is 17.3 Å². The van der Waals surface area contributed by atoms with Crippen molar-refractivity contribution < 1.29 is 18.3 Å². The van der Waals surface area contributed by atoms with Gasteiger partial charge in [0.05, 0.1) is 10.5 Å². The molecule has 106 valence electrons. The van der Waals surface area contributed by atoms with Gasteiger partial charge in [0.25, 0.3) is 0 Å². The Kier molecular flexibility index (Phi) is 5.84. The molecule has 0 aliphatic rings. The third kappa shape index (κ3) is 4.48. The minimum Gasteiger partial charge on any atom is -0.478 e. The molecular weight excluding hydrogens is 354 g/mol. The fraction of sp³-hybridized carbons (Fsp3) is 0.364. The Labute approximate surface area is 125 Å². The number of halogens is 1. The van der Waals surface area contributed by atoms with Gasteiger partial charge in [0.1, 0.15) is 0 Å². The zero-order chi connectivity index (χ0) is 14.6. The van der Waals surface area contributed by atoms with Crippen LogP contribution in [0.4, 0.5) is 0 Å². The maximum atomic E-state index is 12.2. The number of sulfonamides is 1. The van der Waals surface area contributed by atoms with Crippen LogP contribution in [0, 0.1) is 0 Å². The summed E-state index contributed by atoms with van der Waals surface area (Å²) in [6.07, 6.45) is 1.88. The molecule has 0 aromatic heterocycles. The number of benzene rings is 1. The van der Waals surface area contributed by atoms with Gasteiger partial charge in [-0.05, 0) is 47.3 Å². The van der Waals surface area contributed by atoms with Crippen molar-refractivity contribution in [2.24, 2.45) is 0 Å². The maximum absolute atomic E-state index is 12.2. The van der Waals surface area contributed by atoms with Crippen LogP contribution in [0.2, 0.25) is 0 Å². The van der Waals surface area contributed by atoms with E-state index in [-0.39, 0.29) is 16.5 Å². The number of hydrogen-bond acceptors (Lipinski definition) is 4. The highest BCUT2D eigenvalue weighted by Crippen LogP contribution is 2.23. The van der Waals surface area contributed by atoms with E-state index in [4.69, 9.17) is 5.11 Å². The average molecular weight is 368 g/mol. The van der Waals surface area contributed by atoms with Gasteiger partial charge in [-0.25, -0.2) is 17.9 Å². The van der Waals surface area contributed by atoms with Crippen molar-refractivity contribution in [2.75, 3.05) is 12.0 Å². The maximum Gasteiger partial charge on any atom is 0.335 e. The Morgan fingerprint density at radius 1 is 1.53 bits per heavy atom. The fourth-order valence-corrected chi connectivity index (χ4v) is 4.38. The average Bonchev–Trinajstić information content (AvgIpc) is 2.28. The molecule has 1 rings (SSSR count). The van der Waals surface area contributed by atoms with Gasteiger partial charge in [-0.15, -0.1) is 0 Å². The number of carboxylic acids is 1. The summed E-state index contributed by atoms with van der Waals surface area (Å²) in [7, 11) is -3.74. The second kappa shape index (κ2) is 6.74. The highest BCUT2D eigenvalue weighted by molar-refractivity contribution is 9.10. The minimum absolute atomic E-state index is 0.0684. The lowest BCUT2D eigenvalue weighted by Gasteiger charge is -2.14. The van der Waals surface area contributed by atoms with Crippen LogP contribution in [-0.4, -0.2) is 37.5 Å². The van der Waals surface area contributed by atoms with E-state index in [1.54, 1.807) is 6.92 Å². The fourth-order valence-electron chi connectivity index (χ4n) is 1.45. The Hall–Kier alpha value is -0.570. The summed E-state index contributed by atoms with van der Waals surface area (Å²) in [6.45, 7) is 1.75. The molecule has 1 aromatic carbocycles. The Balaban J connectivity index is 3.13. The topological polar surface area (TPSA) is 83.5 Å². The Bertz CT molecular complexity index is 574. The molecule has 19 heavy (non-hydrogen) atoms. The van der Waals surface area contributed by atoms with Gasteiger partial charge < -0.3 is 5.11 Å². The zero-order valence-corrected chi connectivity index (χ0v) is 13.6. The van der Waals surface area contributed by atoms with Crippen molar-refractivity contribution in [3.05, 3.63) is 28.2 Å². The van der Waals surface area contributed by atoms with Gasteiger partial charge in [-0.2, -0.15) is 11.8 Å². The monoisotopic (exact) mass is 367 g/mol. The first-order valence-electron chi connectivity index (χ1n) is 5.32. The van der Waals surface area contributed by atoms with Crippen LogP contribution in [0.15, 0.2) is 27.6 Å². The molecule has 0 bridgehead atoms. The minimum atomic E-state index is -3.74. The Morgan fingerprint density at radius 2 is 2.16 bits per heavy atom. The molecule has 0 aliphatic carbocycles. The second-order valence-corrected chi connectivity index (χ2v) is 7.38. The molecule has 1 aromatic rings. The standard InChI is InChI=1S/C11H14BrNO4S2/c1-7(6-18-2)13-19(16,17)10-5-8(11(14)15)3-4-9(10)12/h3-5,7,13H,6H2,1-2H3,(H,14,15). The summed E-state index contributed by atoms with van der Waals surface area (Å²) in [6, 6.07) is 3.66. The molecule has 0 spiro atoms. The molecule has 0 heterocycles. The van der Waals surface area contributed by atoms with E-state index in [9.17, 15) is 13.2 Å².